The molecule has 1 rings (SSSR count). The molecule has 1 aromatic rings. The van der Waals surface area contributed by atoms with Gasteiger partial charge in [0.05, 0.1) is 6.54 Å². The molecule has 0 bridgehead atoms. The van der Waals surface area contributed by atoms with E-state index in [9.17, 15) is 0 Å². The number of hydrogen-bond acceptors (Lipinski definition) is 2. The molecule has 0 saturated carbocycles. The molecule has 0 saturated heterocycles. The van der Waals surface area contributed by atoms with Crippen molar-refractivity contribution in [2.24, 2.45) is 11.8 Å². The highest BCUT2D eigenvalue weighted by atomic mass is 15.3. The molecular weight excluding hydrogens is 222 g/mol. The number of nitrogens with zero attached hydrogens (tertiary/aromatic N) is 2. The number of hydrogen-bond donors (Lipinski definition) is 1. The Kier molecular flexibility index (Phi) is 6.41. The van der Waals surface area contributed by atoms with E-state index in [1.165, 1.54) is 12.8 Å². The zero-order valence-electron chi connectivity index (χ0n) is 12.6. The molecule has 0 aliphatic heterocycles. The monoisotopic (exact) mass is 251 g/mol. The second-order valence-electron chi connectivity index (χ2n) is 5.61. The zero-order chi connectivity index (χ0) is 13.5. The van der Waals surface area contributed by atoms with Gasteiger partial charge in [0, 0.05) is 24.5 Å². The van der Waals surface area contributed by atoms with Gasteiger partial charge in [-0.1, -0.05) is 40.5 Å². The van der Waals surface area contributed by atoms with Gasteiger partial charge in [0.1, 0.15) is 0 Å². The maximum Gasteiger partial charge on any atom is 0.0565 e. The van der Waals surface area contributed by atoms with E-state index in [-0.39, 0.29) is 0 Å². The van der Waals surface area contributed by atoms with Gasteiger partial charge < -0.3 is 5.32 Å². The summed E-state index contributed by atoms with van der Waals surface area (Å²) in [6.07, 6.45) is 6.38. The van der Waals surface area contributed by atoms with Crippen LogP contribution in [-0.2, 0) is 6.54 Å². The summed E-state index contributed by atoms with van der Waals surface area (Å²) in [6, 6.07) is 3.05. The van der Waals surface area contributed by atoms with E-state index in [0.717, 1.165) is 12.5 Å². The maximum atomic E-state index is 4.31. The molecule has 1 N–H and O–H groups in total. The minimum absolute atomic E-state index is 0.487. The number of aromatic nitrogens is 2. The Morgan fingerprint density at radius 1 is 1.17 bits per heavy atom. The summed E-state index contributed by atoms with van der Waals surface area (Å²) in [5, 5.41) is 8.10. The lowest BCUT2D eigenvalue weighted by molar-refractivity contribution is 0.262. The first-order valence-electron chi connectivity index (χ1n) is 7.31. The predicted octanol–water partition coefficient (Wildman–Crippen LogP) is 3.32. The lowest BCUT2D eigenvalue weighted by Crippen LogP contribution is -2.45. The van der Waals surface area contributed by atoms with Gasteiger partial charge in [0.2, 0.25) is 0 Å². The molecule has 0 spiro atoms. The van der Waals surface area contributed by atoms with E-state index < -0.39 is 0 Å². The average molecular weight is 251 g/mol. The lowest BCUT2D eigenvalue weighted by Gasteiger charge is -2.30. The molecule has 0 amide bonds. The fourth-order valence-corrected chi connectivity index (χ4v) is 2.54. The molecule has 0 aromatic carbocycles. The Morgan fingerprint density at radius 3 is 2.28 bits per heavy atom. The summed E-state index contributed by atoms with van der Waals surface area (Å²) in [5.41, 5.74) is 0. The second kappa shape index (κ2) is 7.57. The standard InChI is InChI=1S/C15H29N3/c1-6-14(7-2)13(5)17-15(12(3)4)11-18-10-8-9-16-18/h8-10,12-15,17H,6-7,11H2,1-5H3. The second-order valence-corrected chi connectivity index (χ2v) is 5.61. The molecule has 0 fully saturated rings. The van der Waals surface area contributed by atoms with Crippen LogP contribution in [-0.4, -0.2) is 21.9 Å². The smallest absolute Gasteiger partial charge is 0.0565 e. The van der Waals surface area contributed by atoms with Crippen LogP contribution in [0.3, 0.4) is 0 Å². The molecule has 2 atom stereocenters. The van der Waals surface area contributed by atoms with Crippen molar-refractivity contribution >= 4 is 0 Å². The normalized spacial score (nSPS) is 15.3. The first-order chi connectivity index (χ1) is 8.58. The van der Waals surface area contributed by atoms with Crippen LogP contribution < -0.4 is 5.32 Å². The van der Waals surface area contributed by atoms with E-state index in [2.05, 4.69) is 45.0 Å². The Balaban J connectivity index is 2.57. The van der Waals surface area contributed by atoms with Gasteiger partial charge in [-0.3, -0.25) is 4.68 Å². The topological polar surface area (TPSA) is 29.9 Å². The fourth-order valence-electron chi connectivity index (χ4n) is 2.54. The van der Waals surface area contributed by atoms with Crippen LogP contribution in [0.4, 0.5) is 0 Å². The van der Waals surface area contributed by atoms with Crippen molar-refractivity contribution in [3.05, 3.63) is 18.5 Å². The van der Waals surface area contributed by atoms with Crippen LogP contribution >= 0.6 is 0 Å². The number of nitrogens with one attached hydrogen (secondary N) is 1. The first kappa shape index (κ1) is 15.2. The van der Waals surface area contributed by atoms with Gasteiger partial charge in [0.25, 0.3) is 0 Å². The summed E-state index contributed by atoms with van der Waals surface area (Å²) in [6.45, 7) is 12.4. The first-order valence-corrected chi connectivity index (χ1v) is 7.31. The van der Waals surface area contributed by atoms with Gasteiger partial charge in [-0.2, -0.15) is 5.10 Å². The van der Waals surface area contributed by atoms with E-state index in [0.29, 0.717) is 18.0 Å². The molecule has 0 aliphatic rings. The highest BCUT2D eigenvalue weighted by Gasteiger charge is 2.20. The third kappa shape index (κ3) is 4.45. The molecule has 3 nitrogen and oxygen atoms in total. The summed E-state index contributed by atoms with van der Waals surface area (Å²) in [7, 11) is 0. The van der Waals surface area contributed by atoms with Crippen LogP contribution in [0.1, 0.15) is 47.5 Å². The minimum Gasteiger partial charge on any atom is -0.309 e. The lowest BCUT2D eigenvalue weighted by atomic mass is 9.93. The van der Waals surface area contributed by atoms with Crippen LogP contribution in [0, 0.1) is 11.8 Å². The Bertz CT molecular complexity index is 302. The third-order valence-electron chi connectivity index (χ3n) is 3.98. The molecule has 0 radical (unpaired) electrons. The summed E-state index contributed by atoms with van der Waals surface area (Å²) in [5.74, 6) is 1.38. The summed E-state index contributed by atoms with van der Waals surface area (Å²) < 4.78 is 2.03. The number of rotatable bonds is 8. The van der Waals surface area contributed by atoms with Crippen molar-refractivity contribution in [3.63, 3.8) is 0 Å². The largest absolute Gasteiger partial charge is 0.309 e. The Hall–Kier alpha value is -0.830. The van der Waals surface area contributed by atoms with Gasteiger partial charge >= 0.3 is 0 Å². The fraction of sp³-hybridized carbons (Fsp3) is 0.800. The quantitative estimate of drug-likeness (QED) is 0.768. The summed E-state index contributed by atoms with van der Waals surface area (Å²) in [4.78, 5) is 0. The third-order valence-corrected chi connectivity index (χ3v) is 3.98. The molecular formula is C15H29N3. The Morgan fingerprint density at radius 2 is 1.83 bits per heavy atom. The van der Waals surface area contributed by atoms with Crippen molar-refractivity contribution in [2.45, 2.75) is 66.1 Å². The van der Waals surface area contributed by atoms with Crippen molar-refractivity contribution in [1.29, 1.82) is 0 Å². The van der Waals surface area contributed by atoms with Crippen molar-refractivity contribution in [3.8, 4) is 0 Å². The predicted molar refractivity (Wildman–Crippen MR) is 77.5 cm³/mol. The van der Waals surface area contributed by atoms with Crippen molar-refractivity contribution in [2.75, 3.05) is 0 Å². The van der Waals surface area contributed by atoms with E-state index in [1.807, 2.05) is 23.1 Å². The minimum atomic E-state index is 0.487. The molecule has 1 heterocycles. The summed E-state index contributed by atoms with van der Waals surface area (Å²) >= 11 is 0. The average Bonchev–Trinajstić information content (AvgIpc) is 2.82. The highest BCUT2D eigenvalue weighted by molar-refractivity contribution is 4.82. The van der Waals surface area contributed by atoms with Gasteiger partial charge in [-0.25, -0.2) is 0 Å². The van der Waals surface area contributed by atoms with Crippen LogP contribution in [0.2, 0.25) is 0 Å². The van der Waals surface area contributed by atoms with Gasteiger partial charge in [-0.15, -0.1) is 0 Å². The van der Waals surface area contributed by atoms with E-state index >= 15 is 0 Å². The van der Waals surface area contributed by atoms with Gasteiger partial charge in [-0.05, 0) is 24.8 Å². The molecule has 3 heteroatoms. The van der Waals surface area contributed by atoms with Crippen molar-refractivity contribution < 1.29 is 0 Å². The van der Waals surface area contributed by atoms with Crippen LogP contribution in [0.25, 0.3) is 0 Å². The highest BCUT2D eigenvalue weighted by Crippen LogP contribution is 2.15. The van der Waals surface area contributed by atoms with Crippen molar-refractivity contribution in [1.82, 2.24) is 15.1 Å². The van der Waals surface area contributed by atoms with Crippen LogP contribution in [0.15, 0.2) is 18.5 Å². The van der Waals surface area contributed by atoms with E-state index in [4.69, 9.17) is 0 Å². The van der Waals surface area contributed by atoms with E-state index in [1.54, 1.807) is 0 Å². The SMILES string of the molecule is CCC(CC)C(C)NC(Cn1cccn1)C(C)C. The molecule has 1 aromatic heterocycles. The Labute approximate surface area is 112 Å². The molecule has 18 heavy (non-hydrogen) atoms. The van der Waals surface area contributed by atoms with Crippen LogP contribution in [0.5, 0.6) is 0 Å². The molecule has 2 unspecified atom stereocenters. The zero-order valence-corrected chi connectivity index (χ0v) is 12.6. The van der Waals surface area contributed by atoms with Gasteiger partial charge in [0.15, 0.2) is 0 Å². The molecule has 104 valence electrons. The maximum absolute atomic E-state index is 4.31. The molecule has 0 aliphatic carbocycles.